The van der Waals surface area contributed by atoms with Crippen LogP contribution in [0.3, 0.4) is 0 Å². The minimum Gasteiger partial charge on any atom is -0.348 e. The third-order valence-electron chi connectivity index (χ3n) is 4.30. The SMILES string of the molecule is CC(N)(C(=O)NCc1cn2c(n1)CCCC2)c1ccc(Br)cc1.Cl.Cl. The highest BCUT2D eigenvalue weighted by Gasteiger charge is 2.30. The number of aryl methyl sites for hydroxylation is 2. The molecular formula is C17H23BrCl2N4O. The van der Waals surface area contributed by atoms with Crippen LogP contribution in [0.1, 0.15) is 36.8 Å². The predicted octanol–water partition coefficient (Wildman–Crippen LogP) is 3.32. The number of nitrogens with zero attached hydrogens (tertiary/aromatic N) is 2. The monoisotopic (exact) mass is 448 g/mol. The van der Waals surface area contributed by atoms with Crippen LogP contribution in [0.2, 0.25) is 0 Å². The second-order valence-corrected chi connectivity index (χ2v) is 7.11. The van der Waals surface area contributed by atoms with Gasteiger partial charge in [-0.3, -0.25) is 4.79 Å². The summed E-state index contributed by atoms with van der Waals surface area (Å²) in [4.78, 5) is 17.1. The maximum Gasteiger partial charge on any atom is 0.244 e. The van der Waals surface area contributed by atoms with Crippen molar-refractivity contribution in [3.8, 4) is 0 Å². The summed E-state index contributed by atoms with van der Waals surface area (Å²) in [6.07, 6.45) is 5.43. The largest absolute Gasteiger partial charge is 0.348 e. The summed E-state index contributed by atoms with van der Waals surface area (Å²) >= 11 is 3.39. The molecule has 0 radical (unpaired) electrons. The highest BCUT2D eigenvalue weighted by Crippen LogP contribution is 2.21. The van der Waals surface area contributed by atoms with Crippen LogP contribution in [0.15, 0.2) is 34.9 Å². The fourth-order valence-corrected chi connectivity index (χ4v) is 3.10. The van der Waals surface area contributed by atoms with E-state index in [1.54, 1.807) is 6.92 Å². The lowest BCUT2D eigenvalue weighted by Gasteiger charge is -2.24. The number of nitrogens with two attached hydrogens (primary N) is 1. The molecule has 0 saturated heterocycles. The Kier molecular flexibility index (Phi) is 7.93. The number of imidazole rings is 1. The second kappa shape index (κ2) is 9.03. The lowest BCUT2D eigenvalue weighted by Crippen LogP contribution is -2.48. The quantitative estimate of drug-likeness (QED) is 0.751. The summed E-state index contributed by atoms with van der Waals surface area (Å²) < 4.78 is 3.14. The molecule has 2 heterocycles. The van der Waals surface area contributed by atoms with Crippen molar-refractivity contribution in [2.75, 3.05) is 0 Å². The summed E-state index contributed by atoms with van der Waals surface area (Å²) in [5.74, 6) is 0.912. The van der Waals surface area contributed by atoms with Gasteiger partial charge in [-0.2, -0.15) is 0 Å². The van der Waals surface area contributed by atoms with Gasteiger partial charge >= 0.3 is 0 Å². The Balaban J connectivity index is 0.00000156. The molecule has 0 spiro atoms. The molecule has 1 amide bonds. The molecule has 25 heavy (non-hydrogen) atoms. The molecule has 2 aromatic rings. The van der Waals surface area contributed by atoms with Gasteiger partial charge in [-0.1, -0.05) is 28.1 Å². The van der Waals surface area contributed by atoms with Gasteiger partial charge in [-0.15, -0.1) is 24.8 Å². The van der Waals surface area contributed by atoms with Crippen LogP contribution in [-0.2, 0) is 29.8 Å². The maximum absolute atomic E-state index is 12.5. The minimum absolute atomic E-state index is 0. The number of amides is 1. The van der Waals surface area contributed by atoms with E-state index in [9.17, 15) is 4.79 Å². The molecule has 1 aliphatic rings. The first kappa shape index (κ1) is 22.0. The van der Waals surface area contributed by atoms with Crippen molar-refractivity contribution in [1.29, 1.82) is 0 Å². The molecule has 5 nitrogen and oxygen atoms in total. The number of carbonyl (C=O) groups is 1. The molecule has 3 N–H and O–H groups in total. The third kappa shape index (κ3) is 4.97. The van der Waals surface area contributed by atoms with E-state index in [-0.39, 0.29) is 30.7 Å². The number of halogens is 3. The van der Waals surface area contributed by atoms with Gasteiger partial charge in [0.15, 0.2) is 0 Å². The molecule has 1 atom stereocenters. The number of rotatable bonds is 4. The van der Waals surface area contributed by atoms with Crippen LogP contribution < -0.4 is 11.1 Å². The van der Waals surface area contributed by atoms with E-state index >= 15 is 0 Å². The Morgan fingerprint density at radius 1 is 1.32 bits per heavy atom. The molecule has 138 valence electrons. The molecule has 0 aliphatic carbocycles. The summed E-state index contributed by atoms with van der Waals surface area (Å²) in [6, 6.07) is 7.49. The Morgan fingerprint density at radius 2 is 2.00 bits per heavy atom. The molecule has 0 bridgehead atoms. The summed E-state index contributed by atoms with van der Waals surface area (Å²) in [5.41, 5.74) is 6.84. The zero-order valence-electron chi connectivity index (χ0n) is 14.0. The Bertz CT molecular complexity index is 692. The van der Waals surface area contributed by atoms with Crippen molar-refractivity contribution in [2.24, 2.45) is 5.73 Å². The van der Waals surface area contributed by atoms with Crippen molar-refractivity contribution in [2.45, 2.75) is 44.8 Å². The van der Waals surface area contributed by atoms with E-state index in [0.29, 0.717) is 6.54 Å². The van der Waals surface area contributed by atoms with Gasteiger partial charge in [0, 0.05) is 23.6 Å². The van der Waals surface area contributed by atoms with Gasteiger partial charge in [0.1, 0.15) is 11.4 Å². The normalized spacial score (nSPS) is 15.2. The van der Waals surface area contributed by atoms with Crippen LogP contribution in [-0.4, -0.2) is 15.5 Å². The van der Waals surface area contributed by atoms with Crippen LogP contribution in [0.5, 0.6) is 0 Å². The molecule has 1 unspecified atom stereocenters. The molecule has 3 rings (SSSR count). The van der Waals surface area contributed by atoms with Crippen LogP contribution in [0, 0.1) is 0 Å². The van der Waals surface area contributed by atoms with E-state index < -0.39 is 5.54 Å². The standard InChI is InChI=1S/C17H21BrN4O.2ClH/c1-17(19,12-5-7-13(18)8-6-12)16(23)20-10-14-11-22-9-3-2-4-15(22)21-14;;/h5-8,11H,2-4,9-10,19H2,1H3,(H,20,23);2*1H. The van der Waals surface area contributed by atoms with Gasteiger partial charge in [0.05, 0.1) is 12.2 Å². The summed E-state index contributed by atoms with van der Waals surface area (Å²) in [6.45, 7) is 3.15. The number of hydrogen-bond donors (Lipinski definition) is 2. The smallest absolute Gasteiger partial charge is 0.244 e. The minimum atomic E-state index is -1.07. The van der Waals surface area contributed by atoms with Crippen LogP contribution in [0.4, 0.5) is 0 Å². The summed E-state index contributed by atoms with van der Waals surface area (Å²) in [7, 11) is 0. The number of nitrogens with one attached hydrogen (secondary N) is 1. The van der Waals surface area contributed by atoms with Gasteiger partial charge < -0.3 is 15.6 Å². The number of benzene rings is 1. The second-order valence-electron chi connectivity index (χ2n) is 6.19. The summed E-state index contributed by atoms with van der Waals surface area (Å²) in [5, 5.41) is 2.91. The maximum atomic E-state index is 12.5. The Morgan fingerprint density at radius 3 is 2.64 bits per heavy atom. The topological polar surface area (TPSA) is 72.9 Å². The molecular weight excluding hydrogens is 427 g/mol. The zero-order valence-corrected chi connectivity index (χ0v) is 17.2. The highest BCUT2D eigenvalue weighted by atomic mass is 79.9. The third-order valence-corrected chi connectivity index (χ3v) is 4.83. The average Bonchev–Trinajstić information content (AvgIpc) is 2.95. The molecule has 1 aliphatic heterocycles. The predicted molar refractivity (Wildman–Crippen MR) is 107 cm³/mol. The van der Waals surface area contributed by atoms with Gasteiger partial charge in [-0.25, -0.2) is 4.98 Å². The Hall–Kier alpha value is -1.08. The van der Waals surface area contributed by atoms with E-state index in [1.165, 1.54) is 12.8 Å². The molecule has 1 aromatic carbocycles. The van der Waals surface area contributed by atoms with Gasteiger partial charge in [0.2, 0.25) is 5.91 Å². The van der Waals surface area contributed by atoms with Crippen LogP contribution >= 0.6 is 40.7 Å². The molecule has 8 heteroatoms. The van der Waals surface area contributed by atoms with Gasteiger partial charge in [0.25, 0.3) is 0 Å². The molecule has 1 aromatic heterocycles. The first-order valence-electron chi connectivity index (χ1n) is 7.85. The van der Waals surface area contributed by atoms with Crippen molar-refractivity contribution < 1.29 is 4.79 Å². The number of hydrogen-bond acceptors (Lipinski definition) is 3. The lowest BCUT2D eigenvalue weighted by atomic mass is 9.92. The highest BCUT2D eigenvalue weighted by molar-refractivity contribution is 9.10. The number of aromatic nitrogens is 2. The van der Waals surface area contributed by atoms with Crippen molar-refractivity contribution in [3.05, 3.63) is 52.0 Å². The molecule has 0 saturated carbocycles. The van der Waals surface area contributed by atoms with Crippen molar-refractivity contribution >= 4 is 46.7 Å². The average molecular weight is 450 g/mol. The van der Waals surface area contributed by atoms with Crippen LogP contribution in [0.25, 0.3) is 0 Å². The fraction of sp³-hybridized carbons (Fsp3) is 0.412. The number of fused-ring (bicyclic) bond motifs is 1. The first-order chi connectivity index (χ1) is 11.0. The number of carbonyl (C=O) groups excluding carboxylic acids is 1. The van der Waals surface area contributed by atoms with E-state index in [1.807, 2.05) is 30.5 Å². The lowest BCUT2D eigenvalue weighted by molar-refractivity contribution is -0.126. The first-order valence-corrected chi connectivity index (χ1v) is 8.64. The Labute approximate surface area is 168 Å². The zero-order chi connectivity index (χ0) is 16.4. The van der Waals surface area contributed by atoms with Crippen molar-refractivity contribution in [1.82, 2.24) is 14.9 Å². The van der Waals surface area contributed by atoms with Crippen molar-refractivity contribution in [3.63, 3.8) is 0 Å². The van der Waals surface area contributed by atoms with E-state index in [2.05, 4.69) is 30.8 Å². The van der Waals surface area contributed by atoms with E-state index in [0.717, 1.165) is 34.5 Å². The van der Waals surface area contributed by atoms with E-state index in [4.69, 9.17) is 5.73 Å². The van der Waals surface area contributed by atoms with Gasteiger partial charge in [-0.05, 0) is 37.5 Å². The molecule has 0 fully saturated rings. The fourth-order valence-electron chi connectivity index (χ4n) is 2.84.